The fraction of sp³-hybridized carbons (Fsp3) is 0.667. The van der Waals surface area contributed by atoms with Crippen LogP contribution in [0.1, 0.15) is 31.2 Å². The first-order chi connectivity index (χ1) is 9.29. The number of amides is 1. The van der Waals surface area contributed by atoms with Crippen LogP contribution in [0.3, 0.4) is 0 Å². The number of unbranched alkanes of at least 4 members (excludes halogenated alkanes) is 1. The minimum absolute atomic E-state index is 0.113. The highest BCUT2D eigenvalue weighted by Gasteiger charge is 2.23. The van der Waals surface area contributed by atoms with Crippen LogP contribution < -0.4 is 4.72 Å². The highest BCUT2D eigenvalue weighted by molar-refractivity contribution is 7.89. The molecule has 0 aliphatic rings. The summed E-state index contributed by atoms with van der Waals surface area (Å²) >= 11 is 0. The average molecular weight is 302 g/mol. The van der Waals surface area contributed by atoms with Crippen LogP contribution in [0, 0.1) is 13.8 Å². The Labute approximate surface area is 119 Å². The molecule has 0 atom stereocenters. The van der Waals surface area contributed by atoms with E-state index >= 15 is 0 Å². The van der Waals surface area contributed by atoms with Crippen molar-refractivity contribution in [2.75, 3.05) is 20.1 Å². The first-order valence-corrected chi connectivity index (χ1v) is 8.03. The van der Waals surface area contributed by atoms with E-state index < -0.39 is 10.0 Å². The molecule has 7 nitrogen and oxygen atoms in total. The zero-order valence-corrected chi connectivity index (χ0v) is 13.2. The van der Waals surface area contributed by atoms with Crippen molar-refractivity contribution in [1.82, 2.24) is 19.8 Å². The summed E-state index contributed by atoms with van der Waals surface area (Å²) in [7, 11) is -2.05. The fourth-order valence-corrected chi connectivity index (χ4v) is 3.16. The Balaban J connectivity index is 2.67. The molecule has 2 N–H and O–H groups in total. The van der Waals surface area contributed by atoms with Crippen LogP contribution in [0.15, 0.2) is 4.90 Å². The maximum Gasteiger partial charge on any atom is 0.244 e. The molecule has 0 fully saturated rings. The maximum absolute atomic E-state index is 12.1. The number of likely N-dealkylation sites (N-methyl/N-ethyl adjacent to an activating group) is 1. The van der Waals surface area contributed by atoms with Crippen LogP contribution >= 0.6 is 0 Å². The number of aryl methyl sites for hydroxylation is 2. The number of hydrogen-bond acceptors (Lipinski definition) is 4. The third kappa shape index (κ3) is 4.04. The number of carbonyl (C=O) groups is 1. The van der Waals surface area contributed by atoms with Crippen molar-refractivity contribution in [3.63, 3.8) is 0 Å². The van der Waals surface area contributed by atoms with Gasteiger partial charge in [0.2, 0.25) is 15.9 Å². The summed E-state index contributed by atoms with van der Waals surface area (Å²) in [4.78, 5) is 13.5. The predicted octanol–water partition coefficient (Wildman–Crippen LogP) is 0.563. The van der Waals surface area contributed by atoms with E-state index in [-0.39, 0.29) is 17.3 Å². The minimum Gasteiger partial charge on any atom is -0.345 e. The Morgan fingerprint density at radius 2 is 2.05 bits per heavy atom. The summed E-state index contributed by atoms with van der Waals surface area (Å²) in [5.74, 6) is -0.249. The van der Waals surface area contributed by atoms with Gasteiger partial charge in [-0.25, -0.2) is 13.1 Å². The molecule has 114 valence electrons. The van der Waals surface area contributed by atoms with Gasteiger partial charge in [-0.3, -0.25) is 9.89 Å². The van der Waals surface area contributed by atoms with E-state index in [0.717, 1.165) is 12.8 Å². The summed E-state index contributed by atoms with van der Waals surface area (Å²) < 4.78 is 26.6. The van der Waals surface area contributed by atoms with Crippen LogP contribution in [0.2, 0.25) is 0 Å². The lowest BCUT2D eigenvalue weighted by Gasteiger charge is -2.17. The number of nitrogens with one attached hydrogen (secondary N) is 2. The highest BCUT2D eigenvalue weighted by atomic mass is 32.2. The van der Waals surface area contributed by atoms with Gasteiger partial charge in [-0.1, -0.05) is 13.3 Å². The second kappa shape index (κ2) is 6.85. The quantitative estimate of drug-likeness (QED) is 0.769. The lowest BCUT2D eigenvalue weighted by molar-refractivity contribution is -0.128. The van der Waals surface area contributed by atoms with Crippen molar-refractivity contribution < 1.29 is 13.2 Å². The van der Waals surface area contributed by atoms with Crippen molar-refractivity contribution >= 4 is 15.9 Å². The molecular formula is C12H22N4O3S. The van der Waals surface area contributed by atoms with E-state index in [1.54, 1.807) is 20.9 Å². The van der Waals surface area contributed by atoms with Gasteiger partial charge in [0.15, 0.2) is 0 Å². The molecule has 8 heteroatoms. The summed E-state index contributed by atoms with van der Waals surface area (Å²) in [6.07, 6.45) is 1.88. The lowest BCUT2D eigenvalue weighted by Crippen LogP contribution is -2.38. The van der Waals surface area contributed by atoms with E-state index in [4.69, 9.17) is 0 Å². The lowest BCUT2D eigenvalue weighted by atomic mass is 10.3. The van der Waals surface area contributed by atoms with Crippen LogP contribution in [-0.4, -0.2) is 49.6 Å². The number of aromatic amines is 1. The molecular weight excluding hydrogens is 280 g/mol. The molecule has 1 aromatic rings. The molecule has 0 radical (unpaired) electrons. The van der Waals surface area contributed by atoms with Crippen molar-refractivity contribution in [3.8, 4) is 0 Å². The van der Waals surface area contributed by atoms with E-state index in [1.807, 2.05) is 6.92 Å². The zero-order valence-electron chi connectivity index (χ0n) is 12.4. The van der Waals surface area contributed by atoms with Crippen LogP contribution in [0.4, 0.5) is 0 Å². The number of H-pyrrole nitrogens is 1. The Morgan fingerprint density at radius 1 is 1.40 bits per heavy atom. The molecule has 0 aliphatic heterocycles. The van der Waals surface area contributed by atoms with Gasteiger partial charge in [0, 0.05) is 13.6 Å². The van der Waals surface area contributed by atoms with Crippen molar-refractivity contribution in [2.45, 2.75) is 38.5 Å². The summed E-state index contributed by atoms with van der Waals surface area (Å²) in [6, 6.07) is 0. The topological polar surface area (TPSA) is 95.2 Å². The average Bonchev–Trinajstić information content (AvgIpc) is 2.73. The summed E-state index contributed by atoms with van der Waals surface area (Å²) in [5, 5.41) is 6.46. The van der Waals surface area contributed by atoms with E-state index in [1.165, 1.54) is 4.90 Å². The second-order valence-electron chi connectivity index (χ2n) is 4.76. The van der Waals surface area contributed by atoms with E-state index in [9.17, 15) is 13.2 Å². The van der Waals surface area contributed by atoms with Gasteiger partial charge in [-0.2, -0.15) is 5.10 Å². The number of rotatable bonds is 7. The highest BCUT2D eigenvalue weighted by Crippen LogP contribution is 2.15. The molecule has 0 spiro atoms. The molecule has 0 aromatic carbocycles. The number of aromatic nitrogens is 2. The van der Waals surface area contributed by atoms with Gasteiger partial charge in [-0.15, -0.1) is 0 Å². The number of carbonyl (C=O) groups excluding carboxylic acids is 1. The molecule has 20 heavy (non-hydrogen) atoms. The second-order valence-corrected chi connectivity index (χ2v) is 6.46. The summed E-state index contributed by atoms with van der Waals surface area (Å²) in [5.41, 5.74) is 0.851. The van der Waals surface area contributed by atoms with Crippen molar-refractivity contribution in [3.05, 3.63) is 11.4 Å². The largest absolute Gasteiger partial charge is 0.345 e. The summed E-state index contributed by atoms with van der Waals surface area (Å²) in [6.45, 7) is 5.65. The SMILES string of the molecule is CCCCN(C)C(=O)CNS(=O)(=O)c1c(C)n[nH]c1C. The number of hydrogen-bond donors (Lipinski definition) is 2. The standard InChI is InChI=1S/C12H22N4O3S/c1-5-6-7-16(4)11(17)8-13-20(18,19)12-9(2)14-15-10(12)3/h13H,5-8H2,1-4H3,(H,14,15). The van der Waals surface area contributed by atoms with E-state index in [2.05, 4.69) is 14.9 Å². The Kier molecular flexibility index (Phi) is 5.70. The Bertz CT molecular complexity index is 546. The molecule has 1 rings (SSSR count). The molecule has 1 heterocycles. The van der Waals surface area contributed by atoms with Gasteiger partial charge in [0.1, 0.15) is 4.90 Å². The van der Waals surface area contributed by atoms with Crippen molar-refractivity contribution in [1.29, 1.82) is 0 Å². The zero-order chi connectivity index (χ0) is 15.3. The van der Waals surface area contributed by atoms with Gasteiger partial charge < -0.3 is 4.90 Å². The van der Waals surface area contributed by atoms with Crippen LogP contribution in [-0.2, 0) is 14.8 Å². The molecule has 1 amide bonds. The van der Waals surface area contributed by atoms with Gasteiger partial charge in [-0.05, 0) is 20.3 Å². The maximum atomic E-state index is 12.1. The third-order valence-corrected chi connectivity index (χ3v) is 4.68. The van der Waals surface area contributed by atoms with Gasteiger partial charge in [0.25, 0.3) is 0 Å². The van der Waals surface area contributed by atoms with Gasteiger partial charge >= 0.3 is 0 Å². The van der Waals surface area contributed by atoms with E-state index in [0.29, 0.717) is 17.9 Å². The molecule has 0 saturated carbocycles. The third-order valence-electron chi connectivity index (χ3n) is 3.02. The van der Waals surface area contributed by atoms with Crippen molar-refractivity contribution in [2.24, 2.45) is 0 Å². The molecule has 0 bridgehead atoms. The fourth-order valence-electron chi connectivity index (χ4n) is 1.82. The number of nitrogens with zero attached hydrogens (tertiary/aromatic N) is 2. The predicted molar refractivity (Wildman–Crippen MR) is 75.8 cm³/mol. The van der Waals surface area contributed by atoms with Crippen LogP contribution in [0.5, 0.6) is 0 Å². The molecule has 0 unspecified atom stereocenters. The Morgan fingerprint density at radius 3 is 2.55 bits per heavy atom. The minimum atomic E-state index is -3.72. The normalized spacial score (nSPS) is 11.6. The molecule has 0 aliphatic carbocycles. The first-order valence-electron chi connectivity index (χ1n) is 6.54. The Hall–Kier alpha value is -1.41. The monoisotopic (exact) mass is 302 g/mol. The first kappa shape index (κ1) is 16.6. The molecule has 0 saturated heterocycles. The smallest absolute Gasteiger partial charge is 0.244 e. The van der Waals surface area contributed by atoms with Gasteiger partial charge in [0.05, 0.1) is 17.9 Å². The van der Waals surface area contributed by atoms with Crippen LogP contribution in [0.25, 0.3) is 0 Å². The number of sulfonamides is 1. The molecule has 1 aromatic heterocycles.